The second kappa shape index (κ2) is 5.16. The van der Waals surface area contributed by atoms with E-state index in [1.807, 2.05) is 25.1 Å². The lowest BCUT2D eigenvalue weighted by atomic mass is 10.2. The summed E-state index contributed by atoms with van der Waals surface area (Å²) in [5, 5.41) is 11.5. The number of nitro benzene ring substituents is 1. The molecule has 0 atom stereocenters. The number of fused-ring (bicyclic) bond motifs is 1. The van der Waals surface area contributed by atoms with Crippen LogP contribution in [0.5, 0.6) is 11.6 Å². The number of ether oxygens (including phenoxy) is 1. The first-order valence-corrected chi connectivity index (χ1v) is 6.28. The molecule has 0 spiro atoms. The van der Waals surface area contributed by atoms with Crippen molar-refractivity contribution < 1.29 is 9.66 Å². The first-order chi connectivity index (χ1) is 10.1. The Morgan fingerprint density at radius 3 is 2.71 bits per heavy atom. The van der Waals surface area contributed by atoms with E-state index in [2.05, 4.69) is 9.97 Å². The molecule has 1 aromatic heterocycles. The van der Waals surface area contributed by atoms with E-state index in [-0.39, 0.29) is 11.2 Å². The molecule has 0 saturated heterocycles. The summed E-state index contributed by atoms with van der Waals surface area (Å²) in [5.74, 6) is 0.927. The molecule has 0 radical (unpaired) electrons. The van der Waals surface area contributed by atoms with Gasteiger partial charge in [-0.25, -0.2) is 9.97 Å². The maximum absolute atomic E-state index is 11.0. The molecule has 0 bridgehead atoms. The van der Waals surface area contributed by atoms with Gasteiger partial charge in [0.25, 0.3) is 5.69 Å². The Hall–Kier alpha value is -3.02. The number of para-hydroxylation sites is 1. The molecule has 0 aliphatic carbocycles. The average Bonchev–Trinajstić information content (AvgIpc) is 2.47. The van der Waals surface area contributed by atoms with E-state index in [0.717, 1.165) is 5.56 Å². The maximum Gasteiger partial charge on any atom is 0.295 e. The second-order valence-corrected chi connectivity index (χ2v) is 4.53. The number of nitro groups is 1. The maximum atomic E-state index is 11.0. The quantitative estimate of drug-likeness (QED) is 0.541. The summed E-state index contributed by atoms with van der Waals surface area (Å²) in [6, 6.07) is 12.2. The van der Waals surface area contributed by atoms with Gasteiger partial charge >= 0.3 is 0 Å². The van der Waals surface area contributed by atoms with Crippen LogP contribution in [-0.2, 0) is 0 Å². The lowest BCUT2D eigenvalue weighted by Crippen LogP contribution is -1.95. The summed E-state index contributed by atoms with van der Waals surface area (Å²) in [4.78, 5) is 18.6. The van der Waals surface area contributed by atoms with Crippen LogP contribution in [-0.4, -0.2) is 14.9 Å². The molecule has 0 aliphatic rings. The highest BCUT2D eigenvalue weighted by molar-refractivity contribution is 5.90. The third kappa shape index (κ3) is 2.51. The number of hydrogen-bond donors (Lipinski definition) is 0. The van der Waals surface area contributed by atoms with Crippen LogP contribution in [0.15, 0.2) is 48.8 Å². The number of benzene rings is 2. The Labute approximate surface area is 120 Å². The highest BCUT2D eigenvalue weighted by atomic mass is 16.6. The first kappa shape index (κ1) is 13.0. The van der Waals surface area contributed by atoms with Crippen LogP contribution in [0.1, 0.15) is 5.56 Å². The SMILES string of the molecule is Cc1cccc(Oc2ncnc3c([N+](=O)[O-])cccc23)c1. The first-order valence-electron chi connectivity index (χ1n) is 6.28. The molecule has 0 fully saturated rings. The molecule has 0 saturated carbocycles. The zero-order chi connectivity index (χ0) is 14.8. The van der Waals surface area contributed by atoms with Gasteiger partial charge in [0.05, 0.1) is 10.3 Å². The van der Waals surface area contributed by atoms with Gasteiger partial charge in [-0.05, 0) is 30.7 Å². The van der Waals surface area contributed by atoms with Crippen LogP contribution in [0.2, 0.25) is 0 Å². The van der Waals surface area contributed by atoms with E-state index in [1.54, 1.807) is 18.2 Å². The number of non-ortho nitro benzene ring substituents is 1. The summed E-state index contributed by atoms with van der Waals surface area (Å²) >= 11 is 0. The third-order valence-corrected chi connectivity index (χ3v) is 3.01. The van der Waals surface area contributed by atoms with Gasteiger partial charge in [0, 0.05) is 6.07 Å². The Morgan fingerprint density at radius 1 is 1.14 bits per heavy atom. The van der Waals surface area contributed by atoms with Crippen molar-refractivity contribution in [3.8, 4) is 11.6 Å². The molecule has 3 aromatic rings. The Balaban J connectivity index is 2.11. The van der Waals surface area contributed by atoms with Crippen LogP contribution in [0.25, 0.3) is 10.9 Å². The van der Waals surface area contributed by atoms with E-state index in [4.69, 9.17) is 4.74 Å². The van der Waals surface area contributed by atoms with Crippen LogP contribution < -0.4 is 4.74 Å². The van der Waals surface area contributed by atoms with Gasteiger partial charge in [0.2, 0.25) is 5.88 Å². The fraction of sp³-hybridized carbons (Fsp3) is 0.0667. The minimum absolute atomic E-state index is 0.0657. The van der Waals surface area contributed by atoms with Gasteiger partial charge in [0.1, 0.15) is 12.1 Å². The number of rotatable bonds is 3. The molecular formula is C15H11N3O3. The zero-order valence-corrected chi connectivity index (χ0v) is 11.2. The zero-order valence-electron chi connectivity index (χ0n) is 11.2. The van der Waals surface area contributed by atoms with Crippen molar-refractivity contribution in [1.82, 2.24) is 9.97 Å². The third-order valence-electron chi connectivity index (χ3n) is 3.01. The molecule has 104 valence electrons. The van der Waals surface area contributed by atoms with Gasteiger partial charge in [-0.15, -0.1) is 0 Å². The minimum Gasteiger partial charge on any atom is -0.438 e. The van der Waals surface area contributed by atoms with E-state index >= 15 is 0 Å². The van der Waals surface area contributed by atoms with Gasteiger partial charge < -0.3 is 4.74 Å². The second-order valence-electron chi connectivity index (χ2n) is 4.53. The molecule has 2 aromatic carbocycles. The van der Waals surface area contributed by atoms with Crippen molar-refractivity contribution in [2.45, 2.75) is 6.92 Å². The normalized spacial score (nSPS) is 10.5. The molecule has 3 rings (SSSR count). The summed E-state index contributed by atoms with van der Waals surface area (Å²) in [6.07, 6.45) is 1.26. The average molecular weight is 281 g/mol. The van der Waals surface area contributed by atoms with E-state index in [9.17, 15) is 10.1 Å². The van der Waals surface area contributed by atoms with E-state index < -0.39 is 4.92 Å². The van der Waals surface area contributed by atoms with E-state index in [0.29, 0.717) is 17.0 Å². The monoisotopic (exact) mass is 281 g/mol. The Bertz CT molecular complexity index is 833. The predicted molar refractivity (Wildman–Crippen MR) is 77.4 cm³/mol. The van der Waals surface area contributed by atoms with E-state index in [1.165, 1.54) is 12.4 Å². The molecule has 21 heavy (non-hydrogen) atoms. The topological polar surface area (TPSA) is 78.2 Å². The van der Waals surface area contributed by atoms with Gasteiger partial charge in [0.15, 0.2) is 5.52 Å². The molecule has 0 aliphatic heterocycles. The van der Waals surface area contributed by atoms with Crippen molar-refractivity contribution >= 4 is 16.6 Å². The minimum atomic E-state index is -0.466. The van der Waals surface area contributed by atoms with Gasteiger partial charge in [-0.2, -0.15) is 0 Å². The highest BCUT2D eigenvalue weighted by Gasteiger charge is 2.16. The summed E-state index contributed by atoms with van der Waals surface area (Å²) in [5.41, 5.74) is 1.25. The molecule has 6 heteroatoms. The molecule has 0 N–H and O–H groups in total. The fourth-order valence-electron chi connectivity index (χ4n) is 2.07. The molecule has 1 heterocycles. The number of hydrogen-bond acceptors (Lipinski definition) is 5. The summed E-state index contributed by atoms with van der Waals surface area (Å²) in [6.45, 7) is 1.95. The smallest absolute Gasteiger partial charge is 0.295 e. The van der Waals surface area contributed by atoms with Gasteiger partial charge in [-0.1, -0.05) is 18.2 Å². The van der Waals surface area contributed by atoms with Crippen LogP contribution in [0, 0.1) is 17.0 Å². The van der Waals surface area contributed by atoms with Crippen LogP contribution in [0.3, 0.4) is 0 Å². The summed E-state index contributed by atoms with van der Waals surface area (Å²) < 4.78 is 5.73. The number of aryl methyl sites for hydroxylation is 1. The van der Waals surface area contributed by atoms with Crippen LogP contribution >= 0.6 is 0 Å². The Morgan fingerprint density at radius 2 is 1.95 bits per heavy atom. The predicted octanol–water partition coefficient (Wildman–Crippen LogP) is 3.64. The largest absolute Gasteiger partial charge is 0.438 e. The molecule has 0 amide bonds. The Kier molecular flexibility index (Phi) is 3.19. The standard InChI is InChI=1S/C15H11N3O3/c1-10-4-2-5-11(8-10)21-15-12-6-3-7-13(18(19)20)14(12)16-9-17-15/h2-9H,1H3. The lowest BCUT2D eigenvalue weighted by Gasteiger charge is -2.07. The number of nitrogens with zero attached hydrogens (tertiary/aromatic N) is 3. The lowest BCUT2D eigenvalue weighted by molar-refractivity contribution is -0.383. The van der Waals surface area contributed by atoms with Crippen molar-refractivity contribution in [3.63, 3.8) is 0 Å². The molecule has 0 unspecified atom stereocenters. The van der Waals surface area contributed by atoms with Crippen molar-refractivity contribution in [2.24, 2.45) is 0 Å². The van der Waals surface area contributed by atoms with Crippen LogP contribution in [0.4, 0.5) is 5.69 Å². The van der Waals surface area contributed by atoms with Crippen molar-refractivity contribution in [3.05, 3.63) is 64.5 Å². The highest BCUT2D eigenvalue weighted by Crippen LogP contribution is 2.31. The summed E-state index contributed by atoms with van der Waals surface area (Å²) in [7, 11) is 0. The molecular weight excluding hydrogens is 270 g/mol. The molecule has 6 nitrogen and oxygen atoms in total. The fourth-order valence-corrected chi connectivity index (χ4v) is 2.07. The van der Waals surface area contributed by atoms with Crippen molar-refractivity contribution in [1.29, 1.82) is 0 Å². The number of aromatic nitrogens is 2. The van der Waals surface area contributed by atoms with Gasteiger partial charge in [-0.3, -0.25) is 10.1 Å². The van der Waals surface area contributed by atoms with Crippen molar-refractivity contribution in [2.75, 3.05) is 0 Å².